The van der Waals surface area contributed by atoms with Gasteiger partial charge in [-0.3, -0.25) is 0 Å². The summed E-state index contributed by atoms with van der Waals surface area (Å²) in [4.78, 5) is 4.20. The molecule has 0 aliphatic carbocycles. The third kappa shape index (κ3) is 2.38. The lowest BCUT2D eigenvalue weighted by molar-refractivity contribution is 0.365. The maximum Gasteiger partial charge on any atom is 0.144 e. The van der Waals surface area contributed by atoms with Gasteiger partial charge in [0.05, 0.1) is 5.02 Å². The van der Waals surface area contributed by atoms with Crippen LogP contribution in [0.2, 0.25) is 5.02 Å². The molecule has 1 saturated heterocycles. The molecule has 2 heterocycles. The summed E-state index contributed by atoms with van der Waals surface area (Å²) in [6.45, 7) is 3.10. The van der Waals surface area contributed by atoms with Crippen molar-refractivity contribution in [3.05, 3.63) is 21.8 Å². The standard InChI is InChI=1S/C9H11BrClN3/c10-7-1-8(11)9(14-5-7)13-4-6-2-12-3-6/h1,5-6,12H,2-4H2,(H,13,14). The molecule has 0 spiro atoms. The second-order valence-electron chi connectivity index (χ2n) is 3.39. The predicted octanol–water partition coefficient (Wildman–Crippen LogP) is 2.13. The van der Waals surface area contributed by atoms with Crippen LogP contribution in [0, 0.1) is 5.92 Å². The Morgan fingerprint density at radius 1 is 1.64 bits per heavy atom. The van der Waals surface area contributed by atoms with E-state index in [-0.39, 0.29) is 0 Å². The molecule has 0 atom stereocenters. The molecule has 1 aliphatic heterocycles. The largest absolute Gasteiger partial charge is 0.368 e. The molecule has 0 saturated carbocycles. The molecule has 0 aromatic carbocycles. The first-order chi connectivity index (χ1) is 6.75. The summed E-state index contributed by atoms with van der Waals surface area (Å²) in [6, 6.07) is 1.84. The number of anilines is 1. The van der Waals surface area contributed by atoms with Crippen LogP contribution in [0.4, 0.5) is 5.82 Å². The average molecular weight is 277 g/mol. The number of halogens is 2. The van der Waals surface area contributed by atoms with E-state index in [0.717, 1.165) is 29.9 Å². The second-order valence-corrected chi connectivity index (χ2v) is 4.71. The van der Waals surface area contributed by atoms with Crippen molar-refractivity contribution < 1.29 is 0 Å². The number of aromatic nitrogens is 1. The van der Waals surface area contributed by atoms with Gasteiger partial charge in [0, 0.05) is 36.2 Å². The predicted molar refractivity (Wildman–Crippen MR) is 61.8 cm³/mol. The lowest BCUT2D eigenvalue weighted by Crippen LogP contribution is -2.45. The Hall–Kier alpha value is -0.320. The summed E-state index contributed by atoms with van der Waals surface area (Å²) in [5.41, 5.74) is 0. The molecule has 0 amide bonds. The fourth-order valence-electron chi connectivity index (χ4n) is 1.28. The van der Waals surface area contributed by atoms with Crippen molar-refractivity contribution in [2.24, 2.45) is 5.92 Å². The van der Waals surface area contributed by atoms with Crippen LogP contribution in [0.1, 0.15) is 0 Å². The molecule has 2 N–H and O–H groups in total. The van der Waals surface area contributed by atoms with Crippen molar-refractivity contribution >= 4 is 33.3 Å². The lowest BCUT2D eigenvalue weighted by Gasteiger charge is -2.27. The van der Waals surface area contributed by atoms with Gasteiger partial charge in [-0.15, -0.1) is 0 Å². The number of rotatable bonds is 3. The Bertz CT molecular complexity index is 328. The average Bonchev–Trinajstić information content (AvgIpc) is 2.05. The minimum absolute atomic E-state index is 0.659. The quantitative estimate of drug-likeness (QED) is 0.888. The van der Waals surface area contributed by atoms with E-state index in [1.807, 2.05) is 6.07 Å². The molecule has 2 rings (SSSR count). The zero-order chi connectivity index (χ0) is 9.97. The van der Waals surface area contributed by atoms with E-state index < -0.39 is 0 Å². The molecule has 1 aromatic heterocycles. The number of nitrogens with one attached hydrogen (secondary N) is 2. The molecule has 14 heavy (non-hydrogen) atoms. The Morgan fingerprint density at radius 3 is 3.00 bits per heavy atom. The summed E-state index contributed by atoms with van der Waals surface area (Å²) in [7, 11) is 0. The van der Waals surface area contributed by atoms with Gasteiger partial charge in [-0.05, 0) is 22.0 Å². The number of hydrogen-bond acceptors (Lipinski definition) is 3. The monoisotopic (exact) mass is 275 g/mol. The van der Waals surface area contributed by atoms with Crippen LogP contribution in [-0.2, 0) is 0 Å². The maximum absolute atomic E-state index is 6.00. The normalized spacial score (nSPS) is 16.4. The third-order valence-electron chi connectivity index (χ3n) is 2.23. The topological polar surface area (TPSA) is 37.0 Å². The molecule has 76 valence electrons. The van der Waals surface area contributed by atoms with Crippen LogP contribution in [0.15, 0.2) is 16.7 Å². The van der Waals surface area contributed by atoms with Crippen molar-refractivity contribution in [2.45, 2.75) is 0 Å². The van der Waals surface area contributed by atoms with Crippen molar-refractivity contribution in [3.8, 4) is 0 Å². The van der Waals surface area contributed by atoms with E-state index in [1.165, 1.54) is 0 Å². The molecular formula is C9H11BrClN3. The van der Waals surface area contributed by atoms with Gasteiger partial charge >= 0.3 is 0 Å². The highest BCUT2D eigenvalue weighted by molar-refractivity contribution is 9.10. The zero-order valence-electron chi connectivity index (χ0n) is 7.56. The van der Waals surface area contributed by atoms with Gasteiger partial charge in [0.25, 0.3) is 0 Å². The van der Waals surface area contributed by atoms with E-state index in [0.29, 0.717) is 10.9 Å². The maximum atomic E-state index is 6.00. The summed E-state index contributed by atoms with van der Waals surface area (Å²) in [6.07, 6.45) is 1.74. The lowest BCUT2D eigenvalue weighted by atomic mass is 10.0. The van der Waals surface area contributed by atoms with Gasteiger partial charge < -0.3 is 10.6 Å². The molecule has 1 aromatic rings. The van der Waals surface area contributed by atoms with Crippen LogP contribution >= 0.6 is 27.5 Å². The summed E-state index contributed by atoms with van der Waals surface area (Å²) < 4.78 is 0.901. The van der Waals surface area contributed by atoms with Gasteiger partial charge in [-0.1, -0.05) is 11.6 Å². The van der Waals surface area contributed by atoms with Crippen molar-refractivity contribution in [2.75, 3.05) is 25.0 Å². The van der Waals surface area contributed by atoms with Gasteiger partial charge in [0.15, 0.2) is 0 Å². The summed E-state index contributed by atoms with van der Waals surface area (Å²) in [5.74, 6) is 1.47. The fourth-order valence-corrected chi connectivity index (χ4v) is 1.97. The SMILES string of the molecule is Clc1cc(Br)cnc1NCC1CNC1. The number of nitrogens with zero attached hydrogens (tertiary/aromatic N) is 1. The van der Waals surface area contributed by atoms with Gasteiger partial charge in [-0.25, -0.2) is 4.98 Å². The van der Waals surface area contributed by atoms with E-state index in [4.69, 9.17) is 11.6 Å². The molecule has 1 aliphatic rings. The Labute approximate surface area is 96.4 Å². The molecule has 1 fully saturated rings. The highest BCUT2D eigenvalue weighted by atomic mass is 79.9. The molecular weight excluding hydrogens is 265 g/mol. The third-order valence-corrected chi connectivity index (χ3v) is 2.95. The van der Waals surface area contributed by atoms with Crippen molar-refractivity contribution in [3.63, 3.8) is 0 Å². The van der Waals surface area contributed by atoms with Crippen LogP contribution in [0.5, 0.6) is 0 Å². The molecule has 0 bridgehead atoms. The summed E-state index contributed by atoms with van der Waals surface area (Å²) >= 11 is 9.32. The zero-order valence-corrected chi connectivity index (χ0v) is 9.90. The van der Waals surface area contributed by atoms with Crippen LogP contribution in [0.25, 0.3) is 0 Å². The second kappa shape index (κ2) is 4.47. The highest BCUT2D eigenvalue weighted by Crippen LogP contribution is 2.23. The van der Waals surface area contributed by atoms with E-state index in [2.05, 4.69) is 31.5 Å². The first kappa shape index (κ1) is 10.2. The van der Waals surface area contributed by atoms with E-state index in [1.54, 1.807) is 6.20 Å². The molecule has 3 nitrogen and oxygen atoms in total. The molecule has 5 heteroatoms. The van der Waals surface area contributed by atoms with Gasteiger partial charge in [-0.2, -0.15) is 0 Å². The number of hydrogen-bond donors (Lipinski definition) is 2. The summed E-state index contributed by atoms with van der Waals surface area (Å²) in [5, 5.41) is 7.12. The van der Waals surface area contributed by atoms with Gasteiger partial charge in [0.2, 0.25) is 0 Å². The first-order valence-electron chi connectivity index (χ1n) is 4.51. The smallest absolute Gasteiger partial charge is 0.144 e. The highest BCUT2D eigenvalue weighted by Gasteiger charge is 2.16. The Morgan fingerprint density at radius 2 is 2.43 bits per heavy atom. The first-order valence-corrected chi connectivity index (χ1v) is 5.68. The van der Waals surface area contributed by atoms with Crippen molar-refractivity contribution in [1.29, 1.82) is 0 Å². The Kier molecular flexibility index (Phi) is 3.26. The van der Waals surface area contributed by atoms with Crippen LogP contribution < -0.4 is 10.6 Å². The minimum Gasteiger partial charge on any atom is -0.368 e. The van der Waals surface area contributed by atoms with E-state index in [9.17, 15) is 0 Å². The van der Waals surface area contributed by atoms with Crippen LogP contribution in [0.3, 0.4) is 0 Å². The molecule has 0 unspecified atom stereocenters. The minimum atomic E-state index is 0.659. The molecule has 0 radical (unpaired) electrons. The van der Waals surface area contributed by atoms with Gasteiger partial charge in [0.1, 0.15) is 5.82 Å². The van der Waals surface area contributed by atoms with E-state index >= 15 is 0 Å². The van der Waals surface area contributed by atoms with Crippen molar-refractivity contribution in [1.82, 2.24) is 10.3 Å². The fraction of sp³-hybridized carbons (Fsp3) is 0.444. The Balaban J connectivity index is 1.94. The number of pyridine rings is 1. The van der Waals surface area contributed by atoms with Crippen LogP contribution in [-0.4, -0.2) is 24.6 Å².